The largest absolute Gasteiger partial charge is 0.507 e. The number of hydrogen-bond donors (Lipinski definition) is 1. The Labute approximate surface area is 168 Å². The zero-order valence-electron chi connectivity index (χ0n) is 17.4. The van der Waals surface area contributed by atoms with Crippen LogP contribution in [0.25, 0.3) is 0 Å². The summed E-state index contributed by atoms with van der Waals surface area (Å²) in [5.74, 6) is 1.61. The number of phenols is 1. The summed E-state index contributed by atoms with van der Waals surface area (Å²) in [6.07, 6.45) is 6.92. The number of allylic oxidation sites excluding steroid dienone is 2. The number of aromatic hydroxyl groups is 1. The Balaban J connectivity index is 1.44. The first-order valence-corrected chi connectivity index (χ1v) is 10.8. The van der Waals surface area contributed by atoms with E-state index in [0.717, 1.165) is 75.7 Å². The monoisotopic (exact) mass is 386 g/mol. The SMILES string of the molecule is CC1=CC(c2c(O)cc(C)c3c2OCN(CCCN2CCOCC2)C3)CCC1. The molecule has 0 aromatic heterocycles. The van der Waals surface area contributed by atoms with Crippen LogP contribution < -0.4 is 4.74 Å². The van der Waals surface area contributed by atoms with Gasteiger partial charge in [-0.15, -0.1) is 0 Å². The van der Waals surface area contributed by atoms with Crippen molar-refractivity contribution in [1.82, 2.24) is 9.80 Å². The number of rotatable bonds is 5. The van der Waals surface area contributed by atoms with Gasteiger partial charge in [0.1, 0.15) is 18.2 Å². The molecule has 1 aromatic rings. The fourth-order valence-electron chi connectivity index (χ4n) is 4.80. The molecule has 154 valence electrons. The predicted molar refractivity (Wildman–Crippen MR) is 111 cm³/mol. The normalized spacial score (nSPS) is 23.8. The first-order chi connectivity index (χ1) is 13.6. The molecule has 0 amide bonds. The maximum atomic E-state index is 10.7. The first-order valence-electron chi connectivity index (χ1n) is 10.8. The summed E-state index contributed by atoms with van der Waals surface area (Å²) in [4.78, 5) is 4.87. The van der Waals surface area contributed by atoms with E-state index in [2.05, 4.69) is 29.7 Å². The van der Waals surface area contributed by atoms with Crippen molar-refractivity contribution in [3.05, 3.63) is 34.4 Å². The van der Waals surface area contributed by atoms with Gasteiger partial charge in [0.2, 0.25) is 0 Å². The van der Waals surface area contributed by atoms with Crippen molar-refractivity contribution >= 4 is 0 Å². The summed E-state index contributed by atoms with van der Waals surface area (Å²) in [6, 6.07) is 1.94. The van der Waals surface area contributed by atoms with Crippen LogP contribution in [-0.4, -0.2) is 61.0 Å². The van der Waals surface area contributed by atoms with Crippen LogP contribution >= 0.6 is 0 Å². The van der Waals surface area contributed by atoms with E-state index in [1.165, 1.54) is 24.0 Å². The predicted octanol–water partition coefficient (Wildman–Crippen LogP) is 3.79. The van der Waals surface area contributed by atoms with Gasteiger partial charge in [-0.05, 0) is 57.7 Å². The van der Waals surface area contributed by atoms with Gasteiger partial charge in [0.25, 0.3) is 0 Å². The smallest absolute Gasteiger partial charge is 0.142 e. The number of fused-ring (bicyclic) bond motifs is 1. The van der Waals surface area contributed by atoms with E-state index in [-0.39, 0.29) is 5.92 Å². The zero-order chi connectivity index (χ0) is 19.5. The van der Waals surface area contributed by atoms with Crippen LogP contribution in [0.2, 0.25) is 0 Å². The Morgan fingerprint density at radius 2 is 1.93 bits per heavy atom. The average molecular weight is 387 g/mol. The lowest BCUT2D eigenvalue weighted by Gasteiger charge is -2.34. The zero-order valence-corrected chi connectivity index (χ0v) is 17.4. The molecule has 1 saturated heterocycles. The van der Waals surface area contributed by atoms with Crippen LogP contribution in [0, 0.1) is 6.92 Å². The second kappa shape index (κ2) is 8.85. The summed E-state index contributed by atoms with van der Waals surface area (Å²) in [5, 5.41) is 10.7. The Hall–Kier alpha value is -1.56. The summed E-state index contributed by atoms with van der Waals surface area (Å²) >= 11 is 0. The molecule has 0 radical (unpaired) electrons. The lowest BCUT2D eigenvalue weighted by molar-refractivity contribution is 0.0329. The van der Waals surface area contributed by atoms with E-state index in [1.807, 2.05) is 6.07 Å². The van der Waals surface area contributed by atoms with Crippen molar-refractivity contribution in [2.24, 2.45) is 0 Å². The van der Waals surface area contributed by atoms with Gasteiger partial charge in [-0.25, -0.2) is 0 Å². The van der Waals surface area contributed by atoms with Gasteiger partial charge >= 0.3 is 0 Å². The molecule has 4 rings (SSSR count). The first kappa shape index (κ1) is 19.7. The number of ether oxygens (including phenoxy) is 2. The lowest BCUT2D eigenvalue weighted by Crippen LogP contribution is -2.39. The molecule has 28 heavy (non-hydrogen) atoms. The fourth-order valence-corrected chi connectivity index (χ4v) is 4.80. The minimum Gasteiger partial charge on any atom is -0.507 e. The minimum atomic E-state index is 0.274. The number of aryl methyl sites for hydroxylation is 1. The molecule has 1 aliphatic carbocycles. The maximum Gasteiger partial charge on any atom is 0.142 e. The summed E-state index contributed by atoms with van der Waals surface area (Å²) in [6.45, 7) is 11.8. The topological polar surface area (TPSA) is 45.2 Å². The van der Waals surface area contributed by atoms with Crippen molar-refractivity contribution in [3.63, 3.8) is 0 Å². The number of hydrogen-bond acceptors (Lipinski definition) is 5. The highest BCUT2D eigenvalue weighted by Gasteiger charge is 2.28. The van der Waals surface area contributed by atoms with Gasteiger partial charge < -0.3 is 14.6 Å². The van der Waals surface area contributed by atoms with Gasteiger partial charge in [0, 0.05) is 43.2 Å². The van der Waals surface area contributed by atoms with Crippen molar-refractivity contribution in [2.45, 2.75) is 52.0 Å². The molecule has 1 aromatic carbocycles. The molecule has 2 aliphatic heterocycles. The van der Waals surface area contributed by atoms with Crippen molar-refractivity contribution in [3.8, 4) is 11.5 Å². The van der Waals surface area contributed by atoms with Crippen LogP contribution in [0.1, 0.15) is 55.2 Å². The Morgan fingerprint density at radius 3 is 2.71 bits per heavy atom. The third-order valence-electron chi connectivity index (χ3n) is 6.39. The third kappa shape index (κ3) is 4.37. The van der Waals surface area contributed by atoms with E-state index in [0.29, 0.717) is 12.5 Å². The molecule has 1 unspecified atom stereocenters. The van der Waals surface area contributed by atoms with Crippen LogP contribution in [-0.2, 0) is 11.3 Å². The van der Waals surface area contributed by atoms with Crippen molar-refractivity contribution in [1.29, 1.82) is 0 Å². The highest BCUT2D eigenvalue weighted by Crippen LogP contribution is 2.45. The minimum absolute atomic E-state index is 0.274. The van der Waals surface area contributed by atoms with Gasteiger partial charge in [-0.1, -0.05) is 11.6 Å². The van der Waals surface area contributed by atoms with E-state index >= 15 is 0 Å². The Kier molecular flexibility index (Phi) is 6.24. The van der Waals surface area contributed by atoms with Crippen molar-refractivity contribution < 1.29 is 14.6 Å². The molecule has 5 heteroatoms. The Morgan fingerprint density at radius 1 is 1.14 bits per heavy atom. The molecule has 1 atom stereocenters. The average Bonchev–Trinajstić information content (AvgIpc) is 2.69. The molecule has 3 aliphatic rings. The molecule has 0 saturated carbocycles. The van der Waals surface area contributed by atoms with Gasteiger partial charge in [-0.3, -0.25) is 9.80 Å². The van der Waals surface area contributed by atoms with E-state index in [4.69, 9.17) is 9.47 Å². The van der Waals surface area contributed by atoms with Gasteiger partial charge in [0.15, 0.2) is 0 Å². The quantitative estimate of drug-likeness (QED) is 0.780. The van der Waals surface area contributed by atoms with Crippen LogP contribution in [0.15, 0.2) is 17.7 Å². The van der Waals surface area contributed by atoms with E-state index in [1.54, 1.807) is 0 Å². The molecular formula is C23H34N2O3. The molecule has 2 heterocycles. The Bertz CT molecular complexity index is 725. The summed E-state index contributed by atoms with van der Waals surface area (Å²) < 4.78 is 11.7. The number of benzene rings is 1. The molecular weight excluding hydrogens is 352 g/mol. The standard InChI is InChI=1S/C23H34N2O3/c1-17-5-3-6-19(13-17)22-21(26)14-18(2)20-15-25(16-28-23(20)22)8-4-7-24-9-11-27-12-10-24/h13-14,19,26H,3-12,15-16H2,1-2H3. The third-order valence-corrected chi connectivity index (χ3v) is 6.39. The van der Waals surface area contributed by atoms with E-state index in [9.17, 15) is 5.11 Å². The van der Waals surface area contributed by atoms with Crippen LogP contribution in [0.5, 0.6) is 11.5 Å². The number of phenolic OH excluding ortho intramolecular Hbond substituents is 1. The van der Waals surface area contributed by atoms with Crippen LogP contribution in [0.3, 0.4) is 0 Å². The molecule has 0 spiro atoms. The number of nitrogens with zero attached hydrogens (tertiary/aromatic N) is 2. The van der Waals surface area contributed by atoms with E-state index < -0.39 is 0 Å². The molecule has 1 fully saturated rings. The lowest BCUT2D eigenvalue weighted by atomic mass is 9.83. The molecule has 5 nitrogen and oxygen atoms in total. The highest BCUT2D eigenvalue weighted by atomic mass is 16.5. The second-order valence-electron chi connectivity index (χ2n) is 8.58. The van der Waals surface area contributed by atoms with Crippen LogP contribution in [0.4, 0.5) is 0 Å². The maximum absolute atomic E-state index is 10.7. The van der Waals surface area contributed by atoms with Crippen molar-refractivity contribution in [2.75, 3.05) is 46.1 Å². The number of morpholine rings is 1. The molecule has 1 N–H and O–H groups in total. The van der Waals surface area contributed by atoms with Gasteiger partial charge in [0.05, 0.1) is 13.2 Å². The summed E-state index contributed by atoms with van der Waals surface area (Å²) in [7, 11) is 0. The fraction of sp³-hybridized carbons (Fsp3) is 0.652. The second-order valence-corrected chi connectivity index (χ2v) is 8.58. The van der Waals surface area contributed by atoms with Gasteiger partial charge in [-0.2, -0.15) is 0 Å². The molecule has 0 bridgehead atoms. The highest BCUT2D eigenvalue weighted by molar-refractivity contribution is 5.57. The summed E-state index contributed by atoms with van der Waals surface area (Å²) in [5.41, 5.74) is 4.81.